The van der Waals surface area contributed by atoms with Gasteiger partial charge in [-0.15, -0.1) is 0 Å². The summed E-state index contributed by atoms with van der Waals surface area (Å²) in [6.07, 6.45) is 1.07. The highest BCUT2D eigenvalue weighted by atomic mass is 32.2. The van der Waals surface area contributed by atoms with Crippen LogP contribution in [0.3, 0.4) is 0 Å². The van der Waals surface area contributed by atoms with Crippen LogP contribution in [-0.4, -0.2) is 32.7 Å². The Labute approximate surface area is 148 Å². The highest BCUT2D eigenvalue weighted by Crippen LogP contribution is 2.29. The molecule has 0 aliphatic heterocycles. The third-order valence-corrected chi connectivity index (χ3v) is 4.88. The van der Waals surface area contributed by atoms with Crippen LogP contribution in [0.4, 0.5) is 10.8 Å². The Morgan fingerprint density at radius 2 is 2.00 bits per heavy atom. The van der Waals surface area contributed by atoms with Gasteiger partial charge >= 0.3 is 0 Å². The van der Waals surface area contributed by atoms with Crippen molar-refractivity contribution in [2.24, 2.45) is 0 Å². The number of carbonyl (C=O) groups excluding carboxylic acids is 1. The average Bonchev–Trinajstić information content (AvgIpc) is 2.94. The summed E-state index contributed by atoms with van der Waals surface area (Å²) in [7, 11) is -1.84. The van der Waals surface area contributed by atoms with Crippen molar-refractivity contribution in [3.05, 3.63) is 48.0 Å². The number of anilines is 2. The first-order valence-electron chi connectivity index (χ1n) is 7.18. The topological polar surface area (TPSA) is 97.4 Å². The van der Waals surface area contributed by atoms with Crippen LogP contribution in [0.2, 0.25) is 0 Å². The minimum atomic E-state index is -3.38. The van der Waals surface area contributed by atoms with Crippen molar-refractivity contribution >= 4 is 48.3 Å². The molecule has 0 radical (unpaired) electrons. The zero-order valence-corrected chi connectivity index (χ0v) is 15.1. The third-order valence-electron chi connectivity index (χ3n) is 3.25. The van der Waals surface area contributed by atoms with E-state index in [9.17, 15) is 13.2 Å². The molecule has 0 aliphatic rings. The molecule has 3 rings (SSSR count). The Morgan fingerprint density at radius 3 is 2.72 bits per heavy atom. The number of methoxy groups -OCH3 is 1. The van der Waals surface area contributed by atoms with E-state index in [1.54, 1.807) is 42.5 Å². The van der Waals surface area contributed by atoms with E-state index in [2.05, 4.69) is 15.0 Å². The molecule has 7 nitrogen and oxygen atoms in total. The summed E-state index contributed by atoms with van der Waals surface area (Å²) in [5.41, 5.74) is 1.72. The van der Waals surface area contributed by atoms with Crippen molar-refractivity contribution in [3.63, 3.8) is 0 Å². The van der Waals surface area contributed by atoms with Gasteiger partial charge in [-0.3, -0.25) is 9.52 Å². The van der Waals surface area contributed by atoms with E-state index in [4.69, 9.17) is 4.74 Å². The molecule has 2 aromatic carbocycles. The van der Waals surface area contributed by atoms with Gasteiger partial charge in [0.2, 0.25) is 10.0 Å². The number of carbonyl (C=O) groups is 1. The van der Waals surface area contributed by atoms with Crippen LogP contribution in [0, 0.1) is 0 Å². The smallest absolute Gasteiger partial charge is 0.255 e. The number of fused-ring (bicyclic) bond motifs is 1. The number of benzene rings is 2. The number of thiazole rings is 1. The van der Waals surface area contributed by atoms with Crippen molar-refractivity contribution in [1.29, 1.82) is 0 Å². The van der Waals surface area contributed by atoms with Crippen molar-refractivity contribution in [2.75, 3.05) is 23.4 Å². The molecule has 1 amide bonds. The standard InChI is InChI=1S/C16H15N3O4S2/c1-23-12-5-3-4-10(8-12)15(20)17-11-6-7-13-14(9-11)24-16(18-13)19-25(2,21)22/h3-9H,1-2H3,(H,17,20)(H,18,19). The second-order valence-corrected chi connectivity index (χ2v) is 8.04. The minimum absolute atomic E-state index is 0.266. The molecular formula is C16H15N3O4S2. The molecule has 0 unspecified atom stereocenters. The summed E-state index contributed by atoms with van der Waals surface area (Å²) < 4.78 is 30.8. The van der Waals surface area contributed by atoms with Crippen LogP contribution in [-0.2, 0) is 10.0 Å². The highest BCUT2D eigenvalue weighted by Gasteiger charge is 2.11. The average molecular weight is 377 g/mol. The first kappa shape index (κ1) is 17.2. The molecule has 1 heterocycles. The molecule has 0 saturated carbocycles. The molecular weight excluding hydrogens is 362 g/mol. The SMILES string of the molecule is COc1cccc(C(=O)Nc2ccc3nc(NS(C)(=O)=O)sc3c2)c1. The number of nitrogens with one attached hydrogen (secondary N) is 2. The van der Waals surface area contributed by atoms with Crippen LogP contribution in [0.5, 0.6) is 5.75 Å². The Hall–Kier alpha value is -2.65. The van der Waals surface area contributed by atoms with Crippen molar-refractivity contribution in [3.8, 4) is 5.75 Å². The van der Waals surface area contributed by atoms with E-state index in [-0.39, 0.29) is 11.0 Å². The van der Waals surface area contributed by atoms with Gasteiger partial charge in [0.1, 0.15) is 5.75 Å². The van der Waals surface area contributed by atoms with Crippen LogP contribution >= 0.6 is 11.3 Å². The maximum absolute atomic E-state index is 12.3. The lowest BCUT2D eigenvalue weighted by atomic mass is 10.2. The van der Waals surface area contributed by atoms with Gasteiger partial charge in [-0.1, -0.05) is 17.4 Å². The van der Waals surface area contributed by atoms with Crippen LogP contribution in [0.1, 0.15) is 10.4 Å². The third kappa shape index (κ3) is 4.25. The number of hydrogen-bond donors (Lipinski definition) is 2. The van der Waals surface area contributed by atoms with Gasteiger partial charge in [0.25, 0.3) is 5.91 Å². The predicted molar refractivity (Wildman–Crippen MR) is 99.0 cm³/mol. The van der Waals surface area contributed by atoms with Crippen LogP contribution in [0.15, 0.2) is 42.5 Å². The molecule has 2 N–H and O–H groups in total. The van der Waals surface area contributed by atoms with E-state index in [0.717, 1.165) is 11.0 Å². The van der Waals surface area contributed by atoms with Gasteiger partial charge in [0, 0.05) is 11.3 Å². The molecule has 0 spiro atoms. The van der Waals surface area contributed by atoms with Gasteiger partial charge in [-0.25, -0.2) is 13.4 Å². The molecule has 1 aromatic heterocycles. The maximum Gasteiger partial charge on any atom is 0.255 e. The minimum Gasteiger partial charge on any atom is -0.497 e. The molecule has 3 aromatic rings. The van der Waals surface area contributed by atoms with Gasteiger partial charge in [0.05, 0.1) is 23.6 Å². The second kappa shape index (κ2) is 6.69. The summed E-state index contributed by atoms with van der Waals surface area (Å²) in [4.78, 5) is 16.5. The fraction of sp³-hybridized carbons (Fsp3) is 0.125. The zero-order chi connectivity index (χ0) is 18.0. The van der Waals surface area contributed by atoms with Crippen LogP contribution in [0.25, 0.3) is 10.2 Å². The number of amides is 1. The van der Waals surface area contributed by atoms with Crippen LogP contribution < -0.4 is 14.8 Å². The summed E-state index contributed by atoms with van der Waals surface area (Å²) in [6, 6.07) is 12.0. The van der Waals surface area contributed by atoms with Crippen molar-refractivity contribution in [2.45, 2.75) is 0 Å². The van der Waals surface area contributed by atoms with E-state index in [1.165, 1.54) is 18.4 Å². The van der Waals surface area contributed by atoms with Gasteiger partial charge in [-0.05, 0) is 36.4 Å². The number of aromatic nitrogens is 1. The fourth-order valence-corrected chi connectivity index (χ4v) is 3.91. The lowest BCUT2D eigenvalue weighted by molar-refractivity contribution is 0.102. The van der Waals surface area contributed by atoms with Gasteiger partial charge < -0.3 is 10.1 Å². The monoisotopic (exact) mass is 377 g/mol. The van der Waals surface area contributed by atoms with Crippen molar-refractivity contribution in [1.82, 2.24) is 4.98 Å². The van der Waals surface area contributed by atoms with E-state index < -0.39 is 10.0 Å². The largest absolute Gasteiger partial charge is 0.497 e. The first-order valence-corrected chi connectivity index (χ1v) is 9.88. The number of nitrogens with zero attached hydrogens (tertiary/aromatic N) is 1. The normalized spacial score (nSPS) is 11.3. The number of ether oxygens (including phenoxy) is 1. The highest BCUT2D eigenvalue weighted by molar-refractivity contribution is 7.92. The zero-order valence-electron chi connectivity index (χ0n) is 13.4. The maximum atomic E-state index is 12.3. The lowest BCUT2D eigenvalue weighted by Gasteiger charge is -2.06. The quantitative estimate of drug-likeness (QED) is 0.712. The molecule has 0 saturated heterocycles. The number of hydrogen-bond acceptors (Lipinski definition) is 6. The lowest BCUT2D eigenvalue weighted by Crippen LogP contribution is -2.11. The van der Waals surface area contributed by atoms with E-state index >= 15 is 0 Å². The number of rotatable bonds is 5. The molecule has 0 aliphatic carbocycles. The van der Waals surface area contributed by atoms with E-state index in [1.807, 2.05) is 0 Å². The Bertz CT molecular complexity index is 1040. The summed E-state index contributed by atoms with van der Waals surface area (Å²) >= 11 is 1.19. The Balaban J connectivity index is 1.82. The molecule has 0 atom stereocenters. The summed E-state index contributed by atoms with van der Waals surface area (Å²) in [6.45, 7) is 0. The first-order chi connectivity index (χ1) is 11.8. The summed E-state index contributed by atoms with van der Waals surface area (Å²) in [5, 5.41) is 3.09. The molecule has 0 bridgehead atoms. The molecule has 0 fully saturated rings. The van der Waals surface area contributed by atoms with E-state index in [0.29, 0.717) is 22.5 Å². The fourth-order valence-electron chi connectivity index (χ4n) is 2.17. The second-order valence-electron chi connectivity index (χ2n) is 5.26. The van der Waals surface area contributed by atoms with Crippen molar-refractivity contribution < 1.29 is 17.9 Å². The Kier molecular flexibility index (Phi) is 4.60. The van der Waals surface area contributed by atoms with Gasteiger partial charge in [0.15, 0.2) is 5.13 Å². The molecule has 130 valence electrons. The molecule has 25 heavy (non-hydrogen) atoms. The van der Waals surface area contributed by atoms with Gasteiger partial charge in [-0.2, -0.15) is 0 Å². The Morgan fingerprint density at radius 1 is 1.20 bits per heavy atom. The molecule has 9 heteroatoms. The predicted octanol–water partition coefficient (Wildman–Crippen LogP) is 2.93. The summed E-state index contributed by atoms with van der Waals surface area (Å²) in [5.74, 6) is 0.333. The number of sulfonamides is 1.